The Morgan fingerprint density at radius 3 is 1.51 bits per heavy atom. The molecule has 3 nitrogen and oxygen atoms in total. The molecule has 0 radical (unpaired) electrons. The number of benzene rings is 8. The second-order valence-corrected chi connectivity index (χ2v) is 14.9. The van der Waals surface area contributed by atoms with Gasteiger partial charge in [-0.05, 0) is 74.3 Å². The molecule has 1 aliphatic rings. The molecule has 1 atom stereocenters. The lowest BCUT2D eigenvalue weighted by molar-refractivity contribution is 0.674. The Labute approximate surface area is 324 Å². The summed E-state index contributed by atoms with van der Waals surface area (Å²) in [5.41, 5.74) is 12.6. The molecule has 0 bridgehead atoms. The third kappa shape index (κ3) is 6.54. The molecule has 260 valence electrons. The zero-order valence-electron chi connectivity index (χ0n) is 29.9. The van der Waals surface area contributed by atoms with Crippen molar-refractivity contribution in [3.63, 3.8) is 0 Å². The summed E-state index contributed by atoms with van der Waals surface area (Å²) in [5, 5.41) is 6.25. The first kappa shape index (κ1) is 32.7. The van der Waals surface area contributed by atoms with Gasteiger partial charge in [0.15, 0.2) is 5.84 Å². The number of nitrogens with one attached hydrogen (secondary N) is 1. The van der Waals surface area contributed by atoms with Crippen LogP contribution in [0.2, 0.25) is 0 Å². The van der Waals surface area contributed by atoms with Crippen molar-refractivity contribution in [3.8, 4) is 44.5 Å². The van der Waals surface area contributed by atoms with Crippen LogP contribution in [0.4, 0.5) is 0 Å². The number of aliphatic imine (C=N–C) groups is 2. The van der Waals surface area contributed by atoms with Crippen LogP contribution < -0.4 is 5.32 Å². The zero-order valence-corrected chi connectivity index (χ0v) is 30.7. The smallest absolute Gasteiger partial charge is 0.159 e. The van der Waals surface area contributed by atoms with Gasteiger partial charge in [-0.3, -0.25) is 0 Å². The lowest BCUT2D eigenvalue weighted by Crippen LogP contribution is -2.33. The summed E-state index contributed by atoms with van der Waals surface area (Å²) in [5.74, 6) is 1.52. The molecule has 55 heavy (non-hydrogen) atoms. The number of hydrogen-bond donors (Lipinski definition) is 1. The molecular formula is C51H35N3S. The average Bonchev–Trinajstić information content (AvgIpc) is 3.65. The largest absolute Gasteiger partial charge is 0.344 e. The van der Waals surface area contributed by atoms with Crippen LogP contribution in [0.1, 0.15) is 22.9 Å². The van der Waals surface area contributed by atoms with Crippen LogP contribution in [0.15, 0.2) is 210 Å². The summed E-state index contributed by atoms with van der Waals surface area (Å²) in [4.78, 5) is 10.5. The summed E-state index contributed by atoms with van der Waals surface area (Å²) >= 11 is 1.81. The minimum Gasteiger partial charge on any atom is -0.344 e. The summed E-state index contributed by atoms with van der Waals surface area (Å²) in [7, 11) is 0. The van der Waals surface area contributed by atoms with Crippen LogP contribution in [0.25, 0.3) is 64.7 Å². The first-order valence-corrected chi connectivity index (χ1v) is 19.4. The van der Waals surface area contributed by atoms with Crippen molar-refractivity contribution in [2.75, 3.05) is 0 Å². The van der Waals surface area contributed by atoms with E-state index in [1.807, 2.05) is 17.4 Å². The van der Waals surface area contributed by atoms with Gasteiger partial charge in [-0.2, -0.15) is 0 Å². The Bertz CT molecular complexity index is 2870. The minimum atomic E-state index is -0.309. The highest BCUT2D eigenvalue weighted by Crippen LogP contribution is 2.35. The SMILES string of the molecule is c1ccc(-c2ccc(-c3cccc(-c4cccc(C5=NC(c6ccc7c(c6)sc6ccccc67)=NC(c6ccc(-c7ccccc7)cc6)N5)c4)c3)cc2)cc1. The van der Waals surface area contributed by atoms with Crippen molar-refractivity contribution in [1.29, 1.82) is 0 Å². The van der Waals surface area contributed by atoms with E-state index in [0.717, 1.165) is 39.5 Å². The van der Waals surface area contributed by atoms with E-state index in [1.54, 1.807) is 0 Å². The van der Waals surface area contributed by atoms with Gasteiger partial charge in [0.25, 0.3) is 0 Å². The fourth-order valence-corrected chi connectivity index (χ4v) is 8.60. The Morgan fingerprint density at radius 1 is 0.364 bits per heavy atom. The Hall–Kier alpha value is -6.88. The Morgan fingerprint density at radius 2 is 0.836 bits per heavy atom. The van der Waals surface area contributed by atoms with Crippen LogP contribution in [0.3, 0.4) is 0 Å². The van der Waals surface area contributed by atoms with Crippen LogP contribution in [-0.4, -0.2) is 11.7 Å². The first-order valence-electron chi connectivity index (χ1n) is 18.6. The summed E-state index contributed by atoms with van der Waals surface area (Å²) < 4.78 is 2.52. The fourth-order valence-electron chi connectivity index (χ4n) is 7.46. The summed E-state index contributed by atoms with van der Waals surface area (Å²) in [6.45, 7) is 0. The molecule has 0 saturated carbocycles. The topological polar surface area (TPSA) is 36.8 Å². The second-order valence-electron chi connectivity index (χ2n) is 13.9. The number of nitrogens with zero attached hydrogens (tertiary/aromatic N) is 2. The molecule has 0 spiro atoms. The summed E-state index contributed by atoms with van der Waals surface area (Å²) in [6.07, 6.45) is -0.309. The van der Waals surface area contributed by atoms with Crippen LogP contribution in [-0.2, 0) is 0 Å². The van der Waals surface area contributed by atoms with Crippen LogP contribution >= 0.6 is 11.3 Å². The number of fused-ring (bicyclic) bond motifs is 3. The molecule has 2 heterocycles. The lowest BCUT2D eigenvalue weighted by Gasteiger charge is -2.24. The monoisotopic (exact) mass is 721 g/mol. The van der Waals surface area contributed by atoms with E-state index in [4.69, 9.17) is 9.98 Å². The van der Waals surface area contributed by atoms with E-state index >= 15 is 0 Å². The molecule has 10 rings (SSSR count). The van der Waals surface area contributed by atoms with Crippen molar-refractivity contribution in [2.45, 2.75) is 6.17 Å². The lowest BCUT2D eigenvalue weighted by atomic mass is 9.96. The molecule has 0 saturated heterocycles. The van der Waals surface area contributed by atoms with Gasteiger partial charge < -0.3 is 5.32 Å². The van der Waals surface area contributed by atoms with Gasteiger partial charge in [0, 0.05) is 31.3 Å². The zero-order chi connectivity index (χ0) is 36.6. The van der Waals surface area contributed by atoms with Gasteiger partial charge in [0.2, 0.25) is 0 Å². The Kier molecular flexibility index (Phi) is 8.43. The maximum atomic E-state index is 5.24. The molecule has 0 amide bonds. The maximum Gasteiger partial charge on any atom is 0.159 e. The van der Waals surface area contributed by atoms with Crippen LogP contribution in [0, 0.1) is 0 Å². The number of rotatable bonds is 7. The van der Waals surface area contributed by atoms with E-state index < -0.39 is 0 Å². The second kappa shape index (κ2) is 14.2. The van der Waals surface area contributed by atoms with Gasteiger partial charge >= 0.3 is 0 Å². The Balaban J connectivity index is 1.00. The highest BCUT2D eigenvalue weighted by molar-refractivity contribution is 7.25. The van der Waals surface area contributed by atoms with E-state index in [-0.39, 0.29) is 6.17 Å². The highest BCUT2D eigenvalue weighted by Gasteiger charge is 2.22. The summed E-state index contributed by atoms with van der Waals surface area (Å²) in [6, 6.07) is 71.2. The highest BCUT2D eigenvalue weighted by atomic mass is 32.1. The van der Waals surface area contributed by atoms with Crippen molar-refractivity contribution >= 4 is 43.2 Å². The van der Waals surface area contributed by atoms with Crippen molar-refractivity contribution in [2.24, 2.45) is 9.98 Å². The maximum absolute atomic E-state index is 5.24. The third-order valence-corrected chi connectivity index (χ3v) is 11.5. The molecule has 0 fully saturated rings. The normalized spacial score (nSPS) is 14.0. The number of thiophene rings is 1. The molecule has 8 aromatic carbocycles. The quantitative estimate of drug-likeness (QED) is 0.175. The van der Waals surface area contributed by atoms with E-state index in [0.29, 0.717) is 0 Å². The van der Waals surface area contributed by atoms with Gasteiger partial charge in [0.1, 0.15) is 12.0 Å². The molecule has 0 aliphatic carbocycles. The molecule has 4 heteroatoms. The van der Waals surface area contributed by atoms with Crippen LogP contribution in [0.5, 0.6) is 0 Å². The van der Waals surface area contributed by atoms with Gasteiger partial charge in [-0.25, -0.2) is 9.98 Å². The molecular weight excluding hydrogens is 687 g/mol. The molecule has 1 unspecified atom stereocenters. The van der Waals surface area contributed by atoms with Crippen molar-refractivity contribution < 1.29 is 0 Å². The van der Waals surface area contributed by atoms with Gasteiger partial charge in [0.05, 0.1) is 0 Å². The van der Waals surface area contributed by atoms with E-state index in [1.165, 1.54) is 53.6 Å². The third-order valence-electron chi connectivity index (χ3n) is 10.4. The molecule has 1 aliphatic heterocycles. The van der Waals surface area contributed by atoms with Crippen molar-refractivity contribution in [3.05, 3.63) is 217 Å². The van der Waals surface area contributed by atoms with Gasteiger partial charge in [-0.1, -0.05) is 176 Å². The molecule has 1 N–H and O–H groups in total. The standard InChI is InChI=1S/C51H35N3S/c1-3-11-34(12-4-1)36-21-23-38(24-22-36)40-15-9-16-41(31-40)42-17-10-18-43(32-42)50-52-49(39-27-25-37(26-28-39)35-13-5-2-6-14-35)53-51(54-50)44-29-30-46-45-19-7-8-20-47(45)55-48(46)33-44/h1-33,49H,(H,52,53,54). The average molecular weight is 722 g/mol. The predicted octanol–water partition coefficient (Wildman–Crippen LogP) is 13.2. The fraction of sp³-hybridized carbons (Fsp3) is 0.0196. The van der Waals surface area contributed by atoms with Gasteiger partial charge in [-0.15, -0.1) is 11.3 Å². The number of amidine groups is 2. The predicted molar refractivity (Wildman–Crippen MR) is 233 cm³/mol. The van der Waals surface area contributed by atoms with E-state index in [2.05, 4.69) is 199 Å². The number of hydrogen-bond acceptors (Lipinski definition) is 4. The van der Waals surface area contributed by atoms with E-state index in [9.17, 15) is 0 Å². The molecule has 1 aromatic heterocycles. The minimum absolute atomic E-state index is 0.309. The molecule has 9 aromatic rings. The first-order chi connectivity index (χ1) is 27.2. The van der Waals surface area contributed by atoms with Crippen molar-refractivity contribution in [1.82, 2.24) is 5.32 Å².